The Kier molecular flexibility index (Phi) is 5.39. The summed E-state index contributed by atoms with van der Waals surface area (Å²) >= 11 is 0. The minimum atomic E-state index is -0.865. The standard InChI is InChI=1S/C16H15N3O3/c20-15(18-11-13-6-8-17-9-7-13)14(16(21)19-22)10-12-4-2-1-3-5-12/h1-10,22H,11H2,(H,18,20)(H,19,21)/b14-10-. The molecule has 0 saturated heterocycles. The van der Waals surface area contributed by atoms with Gasteiger partial charge in [-0.15, -0.1) is 0 Å². The van der Waals surface area contributed by atoms with E-state index in [0.717, 1.165) is 5.56 Å². The van der Waals surface area contributed by atoms with E-state index in [1.807, 2.05) is 6.07 Å². The number of hydroxylamine groups is 1. The van der Waals surface area contributed by atoms with Crippen LogP contribution in [0.2, 0.25) is 0 Å². The van der Waals surface area contributed by atoms with E-state index in [9.17, 15) is 9.59 Å². The Bertz CT molecular complexity index is 670. The molecular formula is C16H15N3O3. The van der Waals surface area contributed by atoms with E-state index < -0.39 is 11.8 Å². The van der Waals surface area contributed by atoms with E-state index in [4.69, 9.17) is 5.21 Å². The smallest absolute Gasteiger partial charge is 0.280 e. The number of aromatic nitrogens is 1. The summed E-state index contributed by atoms with van der Waals surface area (Å²) in [5.41, 5.74) is 2.84. The molecule has 0 aliphatic heterocycles. The van der Waals surface area contributed by atoms with Crippen LogP contribution in [0, 0.1) is 0 Å². The highest BCUT2D eigenvalue weighted by atomic mass is 16.5. The second-order valence-corrected chi connectivity index (χ2v) is 4.45. The van der Waals surface area contributed by atoms with E-state index in [2.05, 4.69) is 10.3 Å². The van der Waals surface area contributed by atoms with E-state index >= 15 is 0 Å². The monoisotopic (exact) mass is 297 g/mol. The highest BCUT2D eigenvalue weighted by molar-refractivity contribution is 6.21. The summed E-state index contributed by atoms with van der Waals surface area (Å²) in [7, 11) is 0. The molecule has 0 aliphatic carbocycles. The lowest BCUT2D eigenvalue weighted by Crippen LogP contribution is -2.33. The molecule has 0 bridgehead atoms. The van der Waals surface area contributed by atoms with Gasteiger partial charge >= 0.3 is 0 Å². The number of hydrogen-bond acceptors (Lipinski definition) is 4. The third kappa shape index (κ3) is 4.26. The number of rotatable bonds is 5. The first-order valence-corrected chi connectivity index (χ1v) is 6.59. The number of nitrogens with one attached hydrogen (secondary N) is 2. The van der Waals surface area contributed by atoms with Crippen LogP contribution in [-0.2, 0) is 16.1 Å². The Labute approximate surface area is 127 Å². The second kappa shape index (κ2) is 7.70. The van der Waals surface area contributed by atoms with Crippen LogP contribution in [0.3, 0.4) is 0 Å². The summed E-state index contributed by atoms with van der Waals surface area (Å²) < 4.78 is 0. The molecule has 1 heterocycles. The third-order valence-electron chi connectivity index (χ3n) is 2.90. The van der Waals surface area contributed by atoms with Gasteiger partial charge in [-0.25, -0.2) is 5.48 Å². The molecule has 0 atom stereocenters. The molecule has 2 amide bonds. The van der Waals surface area contributed by atoms with Crippen molar-refractivity contribution in [2.45, 2.75) is 6.54 Å². The molecule has 0 unspecified atom stereocenters. The van der Waals surface area contributed by atoms with Crippen molar-refractivity contribution in [2.24, 2.45) is 0 Å². The van der Waals surface area contributed by atoms with Gasteiger partial charge in [0, 0.05) is 18.9 Å². The summed E-state index contributed by atoms with van der Waals surface area (Å²) in [5.74, 6) is -1.44. The Balaban J connectivity index is 2.13. The van der Waals surface area contributed by atoms with E-state index in [1.165, 1.54) is 11.6 Å². The number of pyridine rings is 1. The zero-order valence-corrected chi connectivity index (χ0v) is 11.7. The van der Waals surface area contributed by atoms with Crippen molar-refractivity contribution in [3.63, 3.8) is 0 Å². The topological polar surface area (TPSA) is 91.3 Å². The van der Waals surface area contributed by atoms with Crippen molar-refractivity contribution in [3.05, 3.63) is 71.6 Å². The minimum Gasteiger partial charge on any atom is -0.348 e. The van der Waals surface area contributed by atoms with Crippen molar-refractivity contribution in [1.29, 1.82) is 0 Å². The van der Waals surface area contributed by atoms with Crippen LogP contribution in [0.25, 0.3) is 6.08 Å². The summed E-state index contributed by atoms with van der Waals surface area (Å²) in [4.78, 5) is 27.7. The molecule has 3 N–H and O–H groups in total. The lowest BCUT2D eigenvalue weighted by molar-refractivity contribution is -0.128. The number of amides is 2. The van der Waals surface area contributed by atoms with Gasteiger partial charge in [0.15, 0.2) is 0 Å². The minimum absolute atomic E-state index is 0.178. The van der Waals surface area contributed by atoms with Gasteiger partial charge in [0.2, 0.25) is 0 Å². The zero-order chi connectivity index (χ0) is 15.8. The molecule has 0 radical (unpaired) electrons. The van der Waals surface area contributed by atoms with Gasteiger partial charge in [-0.05, 0) is 29.3 Å². The van der Waals surface area contributed by atoms with E-state index in [0.29, 0.717) is 5.56 Å². The third-order valence-corrected chi connectivity index (χ3v) is 2.90. The fourth-order valence-corrected chi connectivity index (χ4v) is 1.79. The highest BCUT2D eigenvalue weighted by Gasteiger charge is 2.17. The van der Waals surface area contributed by atoms with Crippen molar-refractivity contribution < 1.29 is 14.8 Å². The number of carbonyl (C=O) groups is 2. The van der Waals surface area contributed by atoms with Crippen LogP contribution >= 0.6 is 0 Å². The SMILES string of the molecule is O=C(NO)/C(=C\c1ccccc1)C(=O)NCc1ccncc1. The van der Waals surface area contributed by atoms with E-state index in [-0.39, 0.29) is 12.1 Å². The Morgan fingerprint density at radius 3 is 2.36 bits per heavy atom. The van der Waals surface area contributed by atoms with Crippen LogP contribution in [-0.4, -0.2) is 22.0 Å². The van der Waals surface area contributed by atoms with Crippen LogP contribution < -0.4 is 10.8 Å². The molecule has 0 spiro atoms. The summed E-state index contributed by atoms with van der Waals surface area (Å²) in [6, 6.07) is 12.4. The first kappa shape index (κ1) is 15.4. The normalized spacial score (nSPS) is 10.9. The first-order chi connectivity index (χ1) is 10.7. The number of benzene rings is 1. The summed E-state index contributed by atoms with van der Waals surface area (Å²) in [6.45, 7) is 0.256. The predicted molar refractivity (Wildman–Crippen MR) is 80.4 cm³/mol. The molecule has 22 heavy (non-hydrogen) atoms. The Morgan fingerprint density at radius 1 is 1.05 bits per heavy atom. The molecule has 2 rings (SSSR count). The molecule has 6 nitrogen and oxygen atoms in total. The number of hydrogen-bond donors (Lipinski definition) is 3. The number of nitrogens with zero attached hydrogens (tertiary/aromatic N) is 1. The van der Waals surface area contributed by atoms with Crippen LogP contribution in [0.1, 0.15) is 11.1 Å². The number of carbonyl (C=O) groups excluding carboxylic acids is 2. The van der Waals surface area contributed by atoms with Crippen molar-refractivity contribution >= 4 is 17.9 Å². The van der Waals surface area contributed by atoms with Gasteiger partial charge in [0.05, 0.1) is 0 Å². The predicted octanol–water partition coefficient (Wildman–Crippen LogP) is 1.29. The fourth-order valence-electron chi connectivity index (χ4n) is 1.79. The van der Waals surface area contributed by atoms with Crippen LogP contribution in [0.5, 0.6) is 0 Å². The van der Waals surface area contributed by atoms with Crippen molar-refractivity contribution in [2.75, 3.05) is 0 Å². The molecule has 0 fully saturated rings. The average Bonchev–Trinajstić information content (AvgIpc) is 2.58. The van der Waals surface area contributed by atoms with Gasteiger partial charge < -0.3 is 5.32 Å². The second-order valence-electron chi connectivity index (χ2n) is 4.45. The molecule has 6 heteroatoms. The van der Waals surface area contributed by atoms with E-state index in [1.54, 1.807) is 48.8 Å². The molecule has 112 valence electrons. The maximum atomic E-state index is 12.2. The summed E-state index contributed by atoms with van der Waals surface area (Å²) in [6.07, 6.45) is 4.64. The van der Waals surface area contributed by atoms with Gasteiger partial charge in [-0.1, -0.05) is 30.3 Å². The highest BCUT2D eigenvalue weighted by Crippen LogP contribution is 2.07. The summed E-state index contributed by atoms with van der Waals surface area (Å²) in [5, 5.41) is 11.4. The first-order valence-electron chi connectivity index (χ1n) is 6.59. The average molecular weight is 297 g/mol. The Hall–Kier alpha value is -2.99. The van der Waals surface area contributed by atoms with Gasteiger partial charge in [-0.3, -0.25) is 19.8 Å². The van der Waals surface area contributed by atoms with Gasteiger partial charge in [0.1, 0.15) is 5.57 Å². The van der Waals surface area contributed by atoms with Gasteiger partial charge in [-0.2, -0.15) is 0 Å². The largest absolute Gasteiger partial charge is 0.348 e. The lowest BCUT2D eigenvalue weighted by atomic mass is 10.1. The maximum Gasteiger partial charge on any atom is 0.280 e. The quantitative estimate of drug-likeness (QED) is 0.255. The molecule has 1 aromatic carbocycles. The molecular weight excluding hydrogens is 282 g/mol. The van der Waals surface area contributed by atoms with Crippen LogP contribution in [0.15, 0.2) is 60.4 Å². The van der Waals surface area contributed by atoms with Crippen molar-refractivity contribution in [1.82, 2.24) is 15.8 Å². The fraction of sp³-hybridized carbons (Fsp3) is 0.0625. The molecule has 1 aromatic heterocycles. The lowest BCUT2D eigenvalue weighted by Gasteiger charge is -2.08. The molecule has 0 saturated carbocycles. The molecule has 0 aliphatic rings. The van der Waals surface area contributed by atoms with Crippen LogP contribution in [0.4, 0.5) is 0 Å². The Morgan fingerprint density at radius 2 is 1.73 bits per heavy atom. The molecule has 2 aromatic rings. The van der Waals surface area contributed by atoms with Crippen molar-refractivity contribution in [3.8, 4) is 0 Å². The maximum absolute atomic E-state index is 12.2. The van der Waals surface area contributed by atoms with Gasteiger partial charge in [0.25, 0.3) is 11.8 Å². The zero-order valence-electron chi connectivity index (χ0n) is 11.7.